The van der Waals surface area contributed by atoms with Crippen LogP contribution >= 0.6 is 11.3 Å². The number of para-hydroxylation sites is 2. The predicted octanol–water partition coefficient (Wildman–Crippen LogP) is 11.7. The second-order valence-corrected chi connectivity index (χ2v) is 13.4. The van der Waals surface area contributed by atoms with Crippen molar-refractivity contribution in [2.24, 2.45) is 0 Å². The van der Waals surface area contributed by atoms with Crippen molar-refractivity contribution < 1.29 is 0 Å². The molecule has 0 saturated heterocycles. The zero-order valence-electron chi connectivity index (χ0n) is 25.4. The van der Waals surface area contributed by atoms with Gasteiger partial charge in [-0.1, -0.05) is 108 Å². The summed E-state index contributed by atoms with van der Waals surface area (Å²) in [6.07, 6.45) is 0. The molecule has 0 aliphatic rings. The zero-order valence-corrected chi connectivity index (χ0v) is 26.2. The Bertz CT molecular complexity index is 2870. The maximum atomic E-state index is 5.45. The smallest absolute Gasteiger partial charge is 0.235 e. The van der Waals surface area contributed by atoms with Crippen molar-refractivity contribution in [1.82, 2.24) is 14.5 Å². The average molecular weight is 606 g/mol. The second-order valence-electron chi connectivity index (χ2n) is 12.4. The third-order valence-corrected chi connectivity index (χ3v) is 10.6. The summed E-state index contributed by atoms with van der Waals surface area (Å²) >= 11 is 1.89. The number of hydrogen-bond acceptors (Lipinski definition) is 3. The van der Waals surface area contributed by atoms with Crippen LogP contribution in [-0.2, 0) is 0 Å². The molecular formula is C42H27N3S. The first kappa shape index (κ1) is 25.7. The molecule has 0 N–H and O–H groups in total. The van der Waals surface area contributed by atoms with Crippen molar-refractivity contribution in [1.29, 1.82) is 0 Å². The number of hydrogen-bond donors (Lipinski definition) is 0. The van der Waals surface area contributed by atoms with Gasteiger partial charge in [0, 0.05) is 47.3 Å². The van der Waals surface area contributed by atoms with Gasteiger partial charge in [0.25, 0.3) is 0 Å². The van der Waals surface area contributed by atoms with E-state index in [1.165, 1.54) is 63.6 Å². The van der Waals surface area contributed by atoms with Crippen molar-refractivity contribution in [2.75, 3.05) is 0 Å². The van der Waals surface area contributed by atoms with Crippen LogP contribution in [0.15, 0.2) is 127 Å². The van der Waals surface area contributed by atoms with E-state index in [4.69, 9.17) is 9.97 Å². The van der Waals surface area contributed by atoms with Crippen LogP contribution in [0.2, 0.25) is 0 Å². The van der Waals surface area contributed by atoms with E-state index in [0.29, 0.717) is 5.95 Å². The zero-order chi connectivity index (χ0) is 30.5. The molecule has 0 fully saturated rings. The van der Waals surface area contributed by atoms with Crippen LogP contribution < -0.4 is 0 Å². The lowest BCUT2D eigenvalue weighted by Gasteiger charge is -2.14. The summed E-state index contributed by atoms with van der Waals surface area (Å²) in [6.45, 7) is 4.31. The Morgan fingerprint density at radius 3 is 2.09 bits per heavy atom. The van der Waals surface area contributed by atoms with Crippen LogP contribution in [-0.4, -0.2) is 14.5 Å². The van der Waals surface area contributed by atoms with E-state index in [0.717, 1.165) is 33.2 Å². The summed E-state index contributed by atoms with van der Waals surface area (Å²) in [5.74, 6) is 0.691. The molecule has 3 heterocycles. The average Bonchev–Trinajstić information content (AvgIpc) is 3.63. The second kappa shape index (κ2) is 9.46. The van der Waals surface area contributed by atoms with Crippen LogP contribution in [0, 0.1) is 13.8 Å². The standard InChI is InChI=1S/C42H27N3S/c1-24-21-25(2)23-27(22-24)39-29-13-5-8-16-33(29)43-42(44-39)45-34-17-9-6-14-30(34)36-32-20-19-26-11-3-4-12-28(26)37(32)41-38(40(36)45)31-15-7-10-18-35(31)46-41/h3-23H,1-2H3. The van der Waals surface area contributed by atoms with Crippen molar-refractivity contribution >= 4 is 85.8 Å². The van der Waals surface area contributed by atoms with Crippen LogP contribution in [0.25, 0.3) is 91.6 Å². The minimum atomic E-state index is 0.691. The molecule has 0 saturated carbocycles. The Morgan fingerprint density at radius 1 is 0.543 bits per heavy atom. The summed E-state index contributed by atoms with van der Waals surface area (Å²) in [5.41, 5.74) is 7.72. The summed E-state index contributed by atoms with van der Waals surface area (Å²) in [4.78, 5) is 10.8. The number of aromatic nitrogens is 3. The number of aryl methyl sites for hydroxylation is 2. The molecule has 4 heteroatoms. The maximum absolute atomic E-state index is 5.45. The summed E-state index contributed by atoms with van der Waals surface area (Å²) < 4.78 is 4.92. The molecule has 0 bridgehead atoms. The van der Waals surface area contributed by atoms with Gasteiger partial charge in [-0.3, -0.25) is 4.57 Å². The largest absolute Gasteiger partial charge is 0.277 e. The molecule has 0 atom stereocenters. The number of nitrogens with zero attached hydrogens (tertiary/aromatic N) is 3. The highest BCUT2D eigenvalue weighted by Gasteiger charge is 2.24. The first-order valence-corrected chi connectivity index (χ1v) is 16.5. The van der Waals surface area contributed by atoms with Gasteiger partial charge >= 0.3 is 0 Å². The van der Waals surface area contributed by atoms with Crippen molar-refractivity contribution in [3.8, 4) is 17.2 Å². The molecule has 0 unspecified atom stereocenters. The van der Waals surface area contributed by atoms with Crippen molar-refractivity contribution in [2.45, 2.75) is 13.8 Å². The van der Waals surface area contributed by atoms with Gasteiger partial charge in [0.1, 0.15) is 0 Å². The SMILES string of the molecule is Cc1cc(C)cc(-c2nc(-n3c4ccccc4c4c5ccc6ccccc6c5c5sc6ccccc6c5c43)nc3ccccc23)c1. The van der Waals surface area contributed by atoms with Crippen LogP contribution in [0.3, 0.4) is 0 Å². The van der Waals surface area contributed by atoms with E-state index in [2.05, 4.69) is 146 Å². The first-order chi connectivity index (χ1) is 22.6. The van der Waals surface area contributed by atoms with Gasteiger partial charge in [-0.25, -0.2) is 9.97 Å². The molecule has 46 heavy (non-hydrogen) atoms. The summed E-state index contributed by atoms with van der Waals surface area (Å²) in [6, 6.07) is 46.0. The third-order valence-electron chi connectivity index (χ3n) is 9.42. The fourth-order valence-electron chi connectivity index (χ4n) is 7.63. The van der Waals surface area contributed by atoms with Gasteiger partial charge in [-0.15, -0.1) is 11.3 Å². The molecule has 3 aromatic heterocycles. The maximum Gasteiger partial charge on any atom is 0.235 e. The molecule has 10 rings (SSSR count). The lowest BCUT2D eigenvalue weighted by Crippen LogP contribution is -2.04. The van der Waals surface area contributed by atoms with Gasteiger partial charge in [0.15, 0.2) is 0 Å². The van der Waals surface area contributed by atoms with E-state index in [1.54, 1.807) is 0 Å². The van der Waals surface area contributed by atoms with Gasteiger partial charge in [0.05, 0.1) is 22.2 Å². The van der Waals surface area contributed by atoms with Gasteiger partial charge in [-0.05, 0) is 60.3 Å². The lowest BCUT2D eigenvalue weighted by atomic mass is 9.95. The fourth-order valence-corrected chi connectivity index (χ4v) is 8.91. The highest BCUT2D eigenvalue weighted by Crippen LogP contribution is 2.49. The van der Waals surface area contributed by atoms with Crippen molar-refractivity contribution in [3.05, 3.63) is 139 Å². The Balaban J connectivity index is 1.46. The van der Waals surface area contributed by atoms with E-state index in [1.807, 2.05) is 11.3 Å². The fraction of sp³-hybridized carbons (Fsp3) is 0.0476. The molecular weight excluding hydrogens is 579 g/mol. The van der Waals surface area contributed by atoms with Crippen LogP contribution in [0.4, 0.5) is 0 Å². The number of thiophene rings is 1. The summed E-state index contributed by atoms with van der Waals surface area (Å²) in [7, 11) is 0. The number of rotatable bonds is 2. The van der Waals surface area contributed by atoms with E-state index in [9.17, 15) is 0 Å². The Hall–Kier alpha value is -5.58. The topological polar surface area (TPSA) is 30.7 Å². The highest BCUT2D eigenvalue weighted by atomic mass is 32.1. The van der Waals surface area contributed by atoms with Gasteiger partial charge < -0.3 is 0 Å². The van der Waals surface area contributed by atoms with Crippen molar-refractivity contribution in [3.63, 3.8) is 0 Å². The normalized spacial score (nSPS) is 12.1. The molecule has 0 aliphatic heterocycles. The van der Waals surface area contributed by atoms with Crippen LogP contribution in [0.1, 0.15) is 11.1 Å². The molecule has 216 valence electrons. The quantitative estimate of drug-likeness (QED) is 0.184. The van der Waals surface area contributed by atoms with E-state index >= 15 is 0 Å². The third kappa shape index (κ3) is 3.53. The first-order valence-electron chi connectivity index (χ1n) is 15.7. The monoisotopic (exact) mass is 605 g/mol. The van der Waals surface area contributed by atoms with Gasteiger partial charge in [0.2, 0.25) is 5.95 Å². The number of fused-ring (bicyclic) bond motifs is 13. The molecule has 10 aromatic rings. The molecule has 0 amide bonds. The number of benzene rings is 7. The Labute approximate surface area is 269 Å². The molecule has 0 radical (unpaired) electrons. The lowest BCUT2D eigenvalue weighted by molar-refractivity contribution is 1.02. The predicted molar refractivity (Wildman–Crippen MR) is 197 cm³/mol. The minimum Gasteiger partial charge on any atom is -0.277 e. The molecule has 7 aromatic carbocycles. The summed E-state index contributed by atoms with van der Waals surface area (Å²) in [5, 5.41) is 11.2. The highest BCUT2D eigenvalue weighted by molar-refractivity contribution is 7.27. The molecule has 3 nitrogen and oxygen atoms in total. The van der Waals surface area contributed by atoms with Gasteiger partial charge in [-0.2, -0.15) is 0 Å². The van der Waals surface area contributed by atoms with E-state index < -0.39 is 0 Å². The molecule has 0 spiro atoms. The Morgan fingerprint density at radius 2 is 1.24 bits per heavy atom. The molecule has 0 aliphatic carbocycles. The minimum absolute atomic E-state index is 0.691. The van der Waals surface area contributed by atoms with E-state index in [-0.39, 0.29) is 0 Å². The van der Waals surface area contributed by atoms with Crippen LogP contribution in [0.5, 0.6) is 0 Å². The Kier molecular flexibility index (Phi) is 5.29.